The summed E-state index contributed by atoms with van der Waals surface area (Å²) in [6.45, 7) is 5.49. The van der Waals surface area contributed by atoms with Crippen LogP contribution in [-0.4, -0.2) is 64.6 Å². The Labute approximate surface area is 212 Å². The Morgan fingerprint density at radius 2 is 1.64 bits per heavy atom. The van der Waals surface area contributed by atoms with Crippen LogP contribution in [0.1, 0.15) is 55.2 Å². The molecule has 0 bridgehead atoms. The Morgan fingerprint density at radius 1 is 0.972 bits per heavy atom. The molecule has 0 spiro atoms. The first-order chi connectivity index (χ1) is 17.4. The maximum atomic E-state index is 15.1. The second-order valence-electron chi connectivity index (χ2n) is 10.5. The van der Waals surface area contributed by atoms with Gasteiger partial charge in [-0.3, -0.25) is 24.2 Å². The van der Waals surface area contributed by atoms with E-state index in [1.807, 2.05) is 12.1 Å². The fourth-order valence-corrected chi connectivity index (χ4v) is 6.14. The molecule has 1 atom stereocenters. The zero-order chi connectivity index (χ0) is 25.3. The fourth-order valence-electron chi connectivity index (χ4n) is 6.14. The van der Waals surface area contributed by atoms with E-state index in [1.165, 1.54) is 22.1 Å². The Bertz CT molecular complexity index is 1150. The van der Waals surface area contributed by atoms with Gasteiger partial charge in [0.1, 0.15) is 5.82 Å². The summed E-state index contributed by atoms with van der Waals surface area (Å²) in [6.07, 6.45) is 3.17. The number of piperazine rings is 1. The lowest BCUT2D eigenvalue weighted by molar-refractivity contribution is -0.145. The van der Waals surface area contributed by atoms with Crippen LogP contribution in [0.5, 0.6) is 0 Å². The highest BCUT2D eigenvalue weighted by Gasteiger charge is 2.56. The van der Waals surface area contributed by atoms with Gasteiger partial charge in [0.05, 0.1) is 5.41 Å². The summed E-state index contributed by atoms with van der Waals surface area (Å²) in [7, 11) is 0. The lowest BCUT2D eigenvalue weighted by Gasteiger charge is -2.37. The van der Waals surface area contributed by atoms with Gasteiger partial charge in [-0.05, 0) is 37.0 Å². The molecule has 3 fully saturated rings. The molecule has 1 aliphatic carbocycles. The number of halogens is 1. The smallest absolute Gasteiger partial charge is 0.241 e. The summed E-state index contributed by atoms with van der Waals surface area (Å²) in [5.74, 6) is -1.42. The van der Waals surface area contributed by atoms with Gasteiger partial charge in [-0.2, -0.15) is 0 Å². The SMILES string of the molecule is Cc1ccccc1CN1CCN(C(=O)C[C@]2(c3ccccc3F)CC(=O)N(C3CCCC3)C2=O)CC1. The van der Waals surface area contributed by atoms with Crippen LogP contribution in [0.2, 0.25) is 0 Å². The largest absolute Gasteiger partial charge is 0.340 e. The second-order valence-corrected chi connectivity index (χ2v) is 10.5. The number of nitrogens with zero attached hydrogens (tertiary/aromatic N) is 3. The van der Waals surface area contributed by atoms with E-state index in [0.717, 1.165) is 45.3 Å². The average Bonchev–Trinajstić information content (AvgIpc) is 3.48. The Balaban J connectivity index is 1.33. The van der Waals surface area contributed by atoms with Gasteiger partial charge in [-0.15, -0.1) is 0 Å². The van der Waals surface area contributed by atoms with Crippen molar-refractivity contribution in [2.24, 2.45) is 0 Å². The van der Waals surface area contributed by atoms with Crippen molar-refractivity contribution in [2.45, 2.75) is 63.5 Å². The standard InChI is InChI=1S/C29H34FN3O3/c1-21-8-2-3-9-22(21)20-31-14-16-32(17-15-31)26(34)18-29(24-12-6-7-13-25(24)30)19-27(35)33(28(29)36)23-10-4-5-11-23/h2-3,6-9,12-13,23H,4-5,10-11,14-20H2,1H3/t29-/m1/s1. The third-order valence-corrected chi connectivity index (χ3v) is 8.26. The molecule has 0 aromatic heterocycles. The summed E-state index contributed by atoms with van der Waals surface area (Å²) in [6, 6.07) is 14.3. The van der Waals surface area contributed by atoms with E-state index in [9.17, 15) is 14.4 Å². The Kier molecular flexibility index (Phi) is 6.93. The molecule has 7 heteroatoms. The van der Waals surface area contributed by atoms with Crippen LogP contribution in [0.25, 0.3) is 0 Å². The van der Waals surface area contributed by atoms with E-state index in [-0.39, 0.29) is 36.3 Å². The molecule has 2 aromatic rings. The van der Waals surface area contributed by atoms with E-state index < -0.39 is 17.1 Å². The number of hydrogen-bond donors (Lipinski definition) is 0. The molecule has 3 amide bonds. The van der Waals surface area contributed by atoms with Gasteiger partial charge in [0.25, 0.3) is 0 Å². The van der Waals surface area contributed by atoms with Gasteiger partial charge in [-0.25, -0.2) is 4.39 Å². The number of imide groups is 1. The topological polar surface area (TPSA) is 60.9 Å². The van der Waals surface area contributed by atoms with Crippen molar-refractivity contribution in [3.8, 4) is 0 Å². The van der Waals surface area contributed by atoms with Crippen LogP contribution in [0.4, 0.5) is 4.39 Å². The first-order valence-electron chi connectivity index (χ1n) is 13.1. The minimum absolute atomic E-state index is 0.140. The quantitative estimate of drug-likeness (QED) is 0.577. The zero-order valence-electron chi connectivity index (χ0n) is 20.9. The van der Waals surface area contributed by atoms with Gasteiger partial charge in [0.2, 0.25) is 17.7 Å². The fraction of sp³-hybridized carbons (Fsp3) is 0.483. The molecule has 2 aromatic carbocycles. The van der Waals surface area contributed by atoms with E-state index in [0.29, 0.717) is 13.1 Å². The minimum atomic E-state index is -1.47. The highest BCUT2D eigenvalue weighted by atomic mass is 19.1. The molecule has 0 radical (unpaired) electrons. The van der Waals surface area contributed by atoms with Crippen molar-refractivity contribution in [3.05, 3.63) is 71.0 Å². The third-order valence-electron chi connectivity index (χ3n) is 8.26. The normalized spacial score (nSPS) is 23.6. The number of benzene rings is 2. The number of aryl methyl sites for hydroxylation is 1. The summed E-state index contributed by atoms with van der Waals surface area (Å²) < 4.78 is 15.1. The van der Waals surface area contributed by atoms with Crippen LogP contribution in [0.15, 0.2) is 48.5 Å². The first kappa shape index (κ1) is 24.6. The predicted molar refractivity (Wildman–Crippen MR) is 134 cm³/mol. The van der Waals surface area contributed by atoms with Crippen LogP contribution in [0, 0.1) is 12.7 Å². The van der Waals surface area contributed by atoms with E-state index >= 15 is 4.39 Å². The maximum absolute atomic E-state index is 15.1. The van der Waals surface area contributed by atoms with Crippen molar-refractivity contribution in [3.63, 3.8) is 0 Å². The highest BCUT2D eigenvalue weighted by Crippen LogP contribution is 2.44. The van der Waals surface area contributed by atoms with Gasteiger partial charge >= 0.3 is 0 Å². The van der Waals surface area contributed by atoms with Gasteiger partial charge in [0.15, 0.2) is 0 Å². The monoisotopic (exact) mass is 491 g/mol. The molecular formula is C29H34FN3O3. The van der Waals surface area contributed by atoms with Crippen molar-refractivity contribution < 1.29 is 18.8 Å². The number of rotatable bonds is 6. The van der Waals surface area contributed by atoms with Crippen LogP contribution < -0.4 is 0 Å². The molecule has 1 saturated carbocycles. The number of carbonyl (C=O) groups excluding carboxylic acids is 3. The summed E-state index contributed by atoms with van der Waals surface area (Å²) in [5.41, 5.74) is 1.22. The minimum Gasteiger partial charge on any atom is -0.340 e. The molecule has 2 saturated heterocycles. The third kappa shape index (κ3) is 4.57. The van der Waals surface area contributed by atoms with Crippen LogP contribution in [-0.2, 0) is 26.3 Å². The predicted octanol–water partition coefficient (Wildman–Crippen LogP) is 3.81. The number of carbonyl (C=O) groups is 3. The molecular weight excluding hydrogens is 457 g/mol. The molecule has 5 rings (SSSR count). The Morgan fingerprint density at radius 3 is 2.33 bits per heavy atom. The summed E-state index contributed by atoms with van der Waals surface area (Å²) >= 11 is 0. The average molecular weight is 492 g/mol. The second kappa shape index (κ2) is 10.1. The van der Waals surface area contributed by atoms with Crippen molar-refractivity contribution in [1.82, 2.24) is 14.7 Å². The maximum Gasteiger partial charge on any atom is 0.241 e. The van der Waals surface area contributed by atoms with Crippen molar-refractivity contribution >= 4 is 17.7 Å². The van der Waals surface area contributed by atoms with Gasteiger partial charge < -0.3 is 4.90 Å². The molecule has 0 unspecified atom stereocenters. The van der Waals surface area contributed by atoms with Gasteiger partial charge in [0, 0.05) is 57.2 Å². The number of hydrogen-bond acceptors (Lipinski definition) is 4. The molecule has 2 heterocycles. The molecule has 6 nitrogen and oxygen atoms in total. The Hall–Kier alpha value is -3.06. The zero-order valence-corrected chi connectivity index (χ0v) is 20.9. The molecule has 190 valence electrons. The van der Waals surface area contributed by atoms with Crippen molar-refractivity contribution in [2.75, 3.05) is 26.2 Å². The van der Waals surface area contributed by atoms with Crippen molar-refractivity contribution in [1.29, 1.82) is 0 Å². The summed E-state index contributed by atoms with van der Waals surface area (Å²) in [4.78, 5) is 46.0. The highest BCUT2D eigenvalue weighted by molar-refractivity contribution is 6.11. The lowest BCUT2D eigenvalue weighted by Crippen LogP contribution is -2.51. The van der Waals surface area contributed by atoms with Crippen LogP contribution >= 0.6 is 0 Å². The molecule has 2 aliphatic heterocycles. The summed E-state index contributed by atoms with van der Waals surface area (Å²) in [5, 5.41) is 0. The number of likely N-dealkylation sites (tertiary alicyclic amines) is 1. The molecule has 0 N–H and O–H groups in total. The van der Waals surface area contributed by atoms with Gasteiger partial charge in [-0.1, -0.05) is 55.3 Å². The van der Waals surface area contributed by atoms with E-state index in [4.69, 9.17) is 0 Å². The number of amides is 3. The molecule has 3 aliphatic rings. The van der Waals surface area contributed by atoms with E-state index in [1.54, 1.807) is 23.1 Å². The van der Waals surface area contributed by atoms with Crippen LogP contribution in [0.3, 0.4) is 0 Å². The van der Waals surface area contributed by atoms with E-state index in [2.05, 4.69) is 24.0 Å². The first-order valence-corrected chi connectivity index (χ1v) is 13.1. The molecule has 36 heavy (non-hydrogen) atoms. The lowest BCUT2D eigenvalue weighted by atomic mass is 9.75.